The number of ether oxygens (including phenoxy) is 1. The molecule has 2 fully saturated rings. The lowest BCUT2D eigenvalue weighted by Gasteiger charge is -2.34. The van der Waals surface area contributed by atoms with Gasteiger partial charge in [0.2, 0.25) is 0 Å². The monoisotopic (exact) mass is 414 g/mol. The van der Waals surface area contributed by atoms with Crippen LogP contribution in [0.1, 0.15) is 0 Å². The first kappa shape index (κ1) is 18.7. The number of nitrogens with one attached hydrogen (secondary N) is 1. The van der Waals surface area contributed by atoms with E-state index >= 15 is 0 Å². The second-order valence-electron chi connectivity index (χ2n) is 7.38. The van der Waals surface area contributed by atoms with Gasteiger partial charge in [-0.15, -0.1) is 5.10 Å². The van der Waals surface area contributed by atoms with Gasteiger partial charge in [0.1, 0.15) is 17.7 Å². The predicted octanol–water partition coefficient (Wildman–Crippen LogP) is 2.58. The number of urea groups is 1. The van der Waals surface area contributed by atoms with Crippen LogP contribution in [0.3, 0.4) is 0 Å². The van der Waals surface area contributed by atoms with Crippen LogP contribution in [0.15, 0.2) is 36.7 Å². The van der Waals surface area contributed by atoms with Gasteiger partial charge in [-0.3, -0.25) is 0 Å². The number of hydrogen-bond acceptors (Lipinski definition) is 5. The van der Waals surface area contributed by atoms with Crippen molar-refractivity contribution in [3.05, 3.63) is 42.5 Å². The van der Waals surface area contributed by atoms with Gasteiger partial charge in [0.05, 0.1) is 38.2 Å². The van der Waals surface area contributed by atoms with E-state index in [1.54, 1.807) is 12.4 Å². The summed E-state index contributed by atoms with van der Waals surface area (Å²) in [4.78, 5) is 20.0. The highest BCUT2D eigenvalue weighted by molar-refractivity contribution is 5.90. The SMILES string of the molecule is O=C(Nc1ccc(F)c(-n2cc3cc(N4CCOCC4)cnc3n2)c1)N1CC(F)C1. The summed E-state index contributed by atoms with van der Waals surface area (Å²) in [5, 5.41) is 7.82. The first-order valence-corrected chi connectivity index (χ1v) is 9.75. The molecule has 2 aliphatic rings. The van der Waals surface area contributed by atoms with Crippen LogP contribution >= 0.6 is 0 Å². The van der Waals surface area contributed by atoms with Crippen molar-refractivity contribution in [1.82, 2.24) is 19.7 Å². The molecule has 0 aliphatic carbocycles. The normalized spacial score (nSPS) is 17.3. The second-order valence-corrected chi connectivity index (χ2v) is 7.38. The smallest absolute Gasteiger partial charge is 0.322 e. The molecule has 0 unspecified atom stereocenters. The predicted molar refractivity (Wildman–Crippen MR) is 107 cm³/mol. The van der Waals surface area contributed by atoms with Gasteiger partial charge < -0.3 is 19.9 Å². The minimum absolute atomic E-state index is 0.0710. The third-order valence-corrected chi connectivity index (χ3v) is 5.29. The number of alkyl halides is 1. The van der Waals surface area contributed by atoms with Crippen molar-refractivity contribution in [2.45, 2.75) is 6.17 Å². The number of nitrogens with zero attached hydrogens (tertiary/aromatic N) is 5. The average Bonchev–Trinajstić information content (AvgIpc) is 3.16. The molecule has 2 amide bonds. The van der Waals surface area contributed by atoms with Gasteiger partial charge in [-0.1, -0.05) is 0 Å². The zero-order valence-electron chi connectivity index (χ0n) is 16.1. The largest absolute Gasteiger partial charge is 0.378 e. The Morgan fingerprint density at radius 2 is 2.00 bits per heavy atom. The molecule has 8 nitrogen and oxygen atoms in total. The minimum atomic E-state index is -0.981. The van der Waals surface area contributed by atoms with Gasteiger partial charge in [0, 0.05) is 30.4 Å². The molecular weight excluding hydrogens is 394 g/mol. The highest BCUT2D eigenvalue weighted by Crippen LogP contribution is 2.24. The number of morpholine rings is 1. The Kier molecular flexibility index (Phi) is 4.70. The Labute approximate surface area is 171 Å². The van der Waals surface area contributed by atoms with E-state index in [0.717, 1.165) is 24.2 Å². The molecule has 2 saturated heterocycles. The number of carbonyl (C=O) groups excluding carboxylic acids is 1. The number of pyridine rings is 1. The molecule has 10 heteroatoms. The quantitative estimate of drug-likeness (QED) is 0.713. The third-order valence-electron chi connectivity index (χ3n) is 5.29. The first-order valence-electron chi connectivity index (χ1n) is 9.75. The van der Waals surface area contributed by atoms with Crippen LogP contribution in [0.4, 0.5) is 25.0 Å². The number of fused-ring (bicyclic) bond motifs is 1. The van der Waals surface area contributed by atoms with E-state index in [1.807, 2.05) is 6.07 Å². The summed E-state index contributed by atoms with van der Waals surface area (Å²) in [6.45, 7) is 3.06. The molecule has 1 aromatic carbocycles. The van der Waals surface area contributed by atoms with Crippen LogP contribution in [0.5, 0.6) is 0 Å². The zero-order chi connectivity index (χ0) is 20.7. The number of amides is 2. The van der Waals surface area contributed by atoms with Gasteiger partial charge in [0.25, 0.3) is 0 Å². The number of benzene rings is 1. The number of halogens is 2. The molecule has 0 radical (unpaired) electrons. The van der Waals surface area contributed by atoms with Crippen LogP contribution in [-0.4, -0.2) is 71.3 Å². The summed E-state index contributed by atoms with van der Waals surface area (Å²) >= 11 is 0. The molecule has 4 heterocycles. The third kappa shape index (κ3) is 3.54. The molecule has 30 heavy (non-hydrogen) atoms. The molecular formula is C20H20F2N6O2. The second kappa shape index (κ2) is 7.52. The topological polar surface area (TPSA) is 75.5 Å². The molecule has 0 spiro atoms. The minimum Gasteiger partial charge on any atom is -0.378 e. The lowest BCUT2D eigenvalue weighted by Crippen LogP contribution is -2.53. The molecule has 0 bridgehead atoms. The van der Waals surface area contributed by atoms with Crippen molar-refractivity contribution >= 4 is 28.4 Å². The van der Waals surface area contributed by atoms with Crippen molar-refractivity contribution in [3.63, 3.8) is 0 Å². The van der Waals surface area contributed by atoms with Crippen LogP contribution in [0.2, 0.25) is 0 Å². The maximum atomic E-state index is 14.5. The maximum absolute atomic E-state index is 14.5. The number of aromatic nitrogens is 3. The van der Waals surface area contributed by atoms with E-state index in [0.29, 0.717) is 24.5 Å². The Morgan fingerprint density at radius 3 is 2.77 bits per heavy atom. The Bertz CT molecular complexity index is 1090. The Balaban J connectivity index is 1.40. The first-order chi connectivity index (χ1) is 14.6. The maximum Gasteiger partial charge on any atom is 0.322 e. The number of hydrogen-bond donors (Lipinski definition) is 1. The highest BCUT2D eigenvalue weighted by Gasteiger charge is 2.30. The fourth-order valence-electron chi connectivity index (χ4n) is 3.58. The fraction of sp³-hybridized carbons (Fsp3) is 0.350. The lowest BCUT2D eigenvalue weighted by atomic mass is 10.2. The van der Waals surface area contributed by atoms with Crippen LogP contribution < -0.4 is 10.2 Å². The van der Waals surface area contributed by atoms with Crippen molar-refractivity contribution in [3.8, 4) is 5.69 Å². The van der Waals surface area contributed by atoms with Gasteiger partial charge in [-0.2, -0.15) is 0 Å². The zero-order valence-corrected chi connectivity index (χ0v) is 16.1. The van der Waals surface area contributed by atoms with Crippen LogP contribution in [0, 0.1) is 5.82 Å². The summed E-state index contributed by atoms with van der Waals surface area (Å²) < 4.78 is 34.2. The number of carbonyl (C=O) groups is 1. The van der Waals surface area contributed by atoms with E-state index in [4.69, 9.17) is 4.74 Å². The van der Waals surface area contributed by atoms with Crippen molar-refractivity contribution < 1.29 is 18.3 Å². The lowest BCUT2D eigenvalue weighted by molar-refractivity contribution is 0.0974. The Hall–Kier alpha value is -3.27. The van der Waals surface area contributed by atoms with E-state index < -0.39 is 18.0 Å². The molecule has 5 rings (SSSR count). The summed E-state index contributed by atoms with van der Waals surface area (Å²) in [7, 11) is 0. The van der Waals surface area contributed by atoms with Gasteiger partial charge in [-0.05, 0) is 24.3 Å². The molecule has 2 aromatic heterocycles. The molecule has 0 atom stereocenters. The summed E-state index contributed by atoms with van der Waals surface area (Å²) in [5.74, 6) is -0.484. The van der Waals surface area contributed by atoms with E-state index in [9.17, 15) is 13.6 Å². The number of anilines is 2. The summed E-state index contributed by atoms with van der Waals surface area (Å²) in [6, 6.07) is 5.77. The standard InChI is InChI=1S/C20H20F2N6O2/c21-14-11-27(12-14)20(29)24-15-1-2-17(22)18(8-15)28-10-13-7-16(9-23-19(13)25-28)26-3-5-30-6-4-26/h1-2,7-10,14H,3-6,11-12H2,(H,24,29). The average molecular weight is 414 g/mol. The Morgan fingerprint density at radius 1 is 1.20 bits per heavy atom. The van der Waals surface area contributed by atoms with Crippen molar-refractivity contribution in [2.75, 3.05) is 49.6 Å². The van der Waals surface area contributed by atoms with E-state index in [2.05, 4.69) is 20.3 Å². The van der Waals surface area contributed by atoms with Crippen molar-refractivity contribution in [2.24, 2.45) is 0 Å². The molecule has 2 aliphatic heterocycles. The fourth-order valence-corrected chi connectivity index (χ4v) is 3.58. The summed E-state index contributed by atoms with van der Waals surface area (Å²) in [6.07, 6.45) is 2.48. The van der Waals surface area contributed by atoms with E-state index in [1.165, 1.54) is 27.8 Å². The van der Waals surface area contributed by atoms with E-state index in [-0.39, 0.29) is 18.8 Å². The highest BCUT2D eigenvalue weighted by atomic mass is 19.1. The van der Waals surface area contributed by atoms with Gasteiger partial charge >= 0.3 is 6.03 Å². The van der Waals surface area contributed by atoms with Gasteiger partial charge in [-0.25, -0.2) is 23.2 Å². The molecule has 1 N–H and O–H groups in total. The van der Waals surface area contributed by atoms with Crippen LogP contribution in [-0.2, 0) is 4.74 Å². The number of rotatable bonds is 3. The molecule has 3 aromatic rings. The molecule has 156 valence electrons. The van der Waals surface area contributed by atoms with Crippen LogP contribution in [0.25, 0.3) is 16.7 Å². The van der Waals surface area contributed by atoms with Gasteiger partial charge in [0.15, 0.2) is 5.65 Å². The summed E-state index contributed by atoms with van der Waals surface area (Å²) in [5.41, 5.74) is 2.05. The van der Waals surface area contributed by atoms with Crippen molar-refractivity contribution in [1.29, 1.82) is 0 Å². The number of likely N-dealkylation sites (tertiary alicyclic amines) is 1. The molecule has 0 saturated carbocycles.